The van der Waals surface area contributed by atoms with Gasteiger partial charge in [0.05, 0.1) is 11.6 Å². The SMILES string of the molecule is N#Cc1cccc(-c2c(C(=O)N3CCC(F)(F)CC3)[nH]c3ccc(C(=O)N4CCN(C5CCC5)CC4)cc23)c1. The number of nitrogens with zero attached hydrogens (tertiary/aromatic N) is 4. The first kappa shape index (κ1) is 25.5. The molecular weight excluding hydrogens is 500 g/mol. The molecule has 0 atom stereocenters. The van der Waals surface area contributed by atoms with Crippen LogP contribution in [-0.2, 0) is 0 Å². The van der Waals surface area contributed by atoms with Gasteiger partial charge in [-0.2, -0.15) is 5.26 Å². The Kier molecular flexibility index (Phi) is 6.59. The number of rotatable bonds is 4. The zero-order chi connectivity index (χ0) is 27.1. The smallest absolute Gasteiger partial charge is 0.270 e. The summed E-state index contributed by atoms with van der Waals surface area (Å²) in [6.07, 6.45) is 3.04. The second kappa shape index (κ2) is 10.1. The van der Waals surface area contributed by atoms with E-state index in [1.54, 1.807) is 30.3 Å². The van der Waals surface area contributed by atoms with Crippen molar-refractivity contribution in [3.05, 3.63) is 59.3 Å². The second-order valence-corrected chi connectivity index (χ2v) is 10.9. The number of hydrogen-bond acceptors (Lipinski definition) is 4. The monoisotopic (exact) mass is 531 g/mol. The Bertz CT molecular complexity index is 1450. The summed E-state index contributed by atoms with van der Waals surface area (Å²) in [5.74, 6) is -3.17. The maximum Gasteiger partial charge on any atom is 0.270 e. The number of fused-ring (bicyclic) bond motifs is 1. The van der Waals surface area contributed by atoms with Crippen molar-refractivity contribution in [2.45, 2.75) is 44.1 Å². The first-order valence-electron chi connectivity index (χ1n) is 13.7. The lowest BCUT2D eigenvalue weighted by Crippen LogP contribution is -2.53. The van der Waals surface area contributed by atoms with E-state index in [9.17, 15) is 23.6 Å². The summed E-state index contributed by atoms with van der Waals surface area (Å²) < 4.78 is 27.6. The minimum absolute atomic E-state index is 0.0323. The number of piperazine rings is 1. The largest absolute Gasteiger partial charge is 0.350 e. The molecule has 0 bridgehead atoms. The summed E-state index contributed by atoms with van der Waals surface area (Å²) in [4.78, 5) is 36.1. The Morgan fingerprint density at radius 1 is 0.923 bits per heavy atom. The average molecular weight is 532 g/mol. The van der Waals surface area contributed by atoms with Crippen LogP contribution in [0.5, 0.6) is 0 Å². The molecular formula is C30H31F2N5O2. The van der Waals surface area contributed by atoms with Gasteiger partial charge in [-0.25, -0.2) is 8.78 Å². The Balaban J connectivity index is 1.34. The second-order valence-electron chi connectivity index (χ2n) is 10.9. The van der Waals surface area contributed by atoms with Crippen LogP contribution in [0.15, 0.2) is 42.5 Å². The van der Waals surface area contributed by atoms with E-state index in [4.69, 9.17) is 0 Å². The third-order valence-corrected chi connectivity index (χ3v) is 8.51. The van der Waals surface area contributed by atoms with Gasteiger partial charge in [-0.3, -0.25) is 14.5 Å². The van der Waals surface area contributed by atoms with E-state index in [1.807, 2.05) is 17.0 Å². The van der Waals surface area contributed by atoms with E-state index >= 15 is 0 Å². The van der Waals surface area contributed by atoms with Gasteiger partial charge in [0.1, 0.15) is 5.69 Å². The Labute approximate surface area is 226 Å². The zero-order valence-corrected chi connectivity index (χ0v) is 21.8. The van der Waals surface area contributed by atoms with Crippen molar-refractivity contribution in [1.82, 2.24) is 19.7 Å². The fourth-order valence-corrected chi connectivity index (χ4v) is 5.95. The summed E-state index contributed by atoms with van der Waals surface area (Å²) >= 11 is 0. The van der Waals surface area contributed by atoms with E-state index in [-0.39, 0.29) is 43.4 Å². The van der Waals surface area contributed by atoms with Crippen molar-refractivity contribution in [2.75, 3.05) is 39.3 Å². The van der Waals surface area contributed by atoms with Crippen LogP contribution in [0.2, 0.25) is 0 Å². The number of nitrogens with one attached hydrogen (secondary N) is 1. The van der Waals surface area contributed by atoms with Gasteiger partial charge in [0, 0.05) is 80.2 Å². The predicted molar refractivity (Wildman–Crippen MR) is 144 cm³/mol. The number of nitriles is 1. The van der Waals surface area contributed by atoms with Gasteiger partial charge in [0.15, 0.2) is 0 Å². The van der Waals surface area contributed by atoms with E-state index in [2.05, 4.69) is 16.0 Å². The third kappa shape index (κ3) is 4.89. The zero-order valence-electron chi connectivity index (χ0n) is 21.8. The Morgan fingerprint density at radius 2 is 1.64 bits per heavy atom. The third-order valence-electron chi connectivity index (χ3n) is 8.51. The molecule has 2 aliphatic heterocycles. The van der Waals surface area contributed by atoms with E-state index in [0.29, 0.717) is 52.3 Å². The van der Waals surface area contributed by atoms with Crippen molar-refractivity contribution in [2.24, 2.45) is 0 Å². The summed E-state index contributed by atoms with van der Waals surface area (Å²) in [6.45, 7) is 3.05. The molecule has 0 radical (unpaired) electrons. The Morgan fingerprint density at radius 3 is 2.31 bits per heavy atom. The first-order valence-corrected chi connectivity index (χ1v) is 13.7. The highest BCUT2D eigenvalue weighted by Crippen LogP contribution is 2.36. The molecule has 3 aliphatic rings. The van der Waals surface area contributed by atoms with Crippen LogP contribution < -0.4 is 0 Å². The molecule has 2 saturated heterocycles. The van der Waals surface area contributed by atoms with Crippen LogP contribution in [0.25, 0.3) is 22.0 Å². The van der Waals surface area contributed by atoms with Gasteiger partial charge in [-0.1, -0.05) is 18.6 Å². The number of aromatic amines is 1. The number of piperidine rings is 1. The van der Waals surface area contributed by atoms with Crippen molar-refractivity contribution in [3.8, 4) is 17.2 Å². The van der Waals surface area contributed by atoms with Crippen molar-refractivity contribution < 1.29 is 18.4 Å². The van der Waals surface area contributed by atoms with Gasteiger partial charge >= 0.3 is 0 Å². The highest BCUT2D eigenvalue weighted by atomic mass is 19.3. The number of amides is 2. The predicted octanol–water partition coefficient (Wildman–Crippen LogP) is 4.89. The number of H-pyrrole nitrogens is 1. The van der Waals surface area contributed by atoms with Crippen LogP contribution in [-0.4, -0.2) is 82.7 Å². The lowest BCUT2D eigenvalue weighted by molar-refractivity contribution is -0.0494. The highest BCUT2D eigenvalue weighted by Gasteiger charge is 2.37. The standard InChI is InChI=1S/C30H31F2N5O2/c31-30(32)9-11-36(12-10-30)29(39)27-26(21-4-1-3-20(17-21)19-33)24-18-22(7-8-25(24)34-27)28(38)37-15-13-35(14-16-37)23-5-2-6-23/h1,3-4,7-8,17-18,23,34H,2,5-6,9-16H2. The lowest BCUT2D eigenvalue weighted by atomic mass is 9.91. The molecule has 1 aliphatic carbocycles. The van der Waals surface area contributed by atoms with Gasteiger partial charge in [0.25, 0.3) is 17.7 Å². The summed E-state index contributed by atoms with van der Waals surface area (Å²) in [7, 11) is 0. The topological polar surface area (TPSA) is 83.4 Å². The fourth-order valence-electron chi connectivity index (χ4n) is 5.95. The molecule has 1 saturated carbocycles. The molecule has 0 unspecified atom stereocenters. The molecule has 9 heteroatoms. The van der Waals surface area contributed by atoms with Crippen LogP contribution in [0.3, 0.4) is 0 Å². The number of alkyl halides is 2. The number of likely N-dealkylation sites (tertiary alicyclic amines) is 1. The quantitative estimate of drug-likeness (QED) is 0.520. The lowest BCUT2D eigenvalue weighted by Gasteiger charge is -2.42. The molecule has 2 amide bonds. The van der Waals surface area contributed by atoms with Crippen molar-refractivity contribution in [3.63, 3.8) is 0 Å². The molecule has 6 rings (SSSR count). The van der Waals surface area contributed by atoms with Gasteiger partial charge in [-0.15, -0.1) is 0 Å². The summed E-state index contributed by atoms with van der Waals surface area (Å²) in [5, 5.41) is 10.2. The number of aromatic nitrogens is 1. The van der Waals surface area contributed by atoms with Crippen LogP contribution in [0, 0.1) is 11.3 Å². The van der Waals surface area contributed by atoms with E-state index in [0.717, 1.165) is 13.1 Å². The molecule has 3 heterocycles. The van der Waals surface area contributed by atoms with Crippen molar-refractivity contribution >= 4 is 22.7 Å². The molecule has 1 aromatic heterocycles. The fraction of sp³-hybridized carbons (Fsp3) is 0.433. The molecule has 3 aromatic rings. The number of benzene rings is 2. The van der Waals surface area contributed by atoms with Crippen molar-refractivity contribution in [1.29, 1.82) is 5.26 Å². The maximum absolute atomic E-state index is 13.8. The molecule has 2 aromatic carbocycles. The molecule has 202 valence electrons. The van der Waals surface area contributed by atoms with Gasteiger partial charge in [-0.05, 0) is 48.7 Å². The maximum atomic E-state index is 13.8. The normalized spacial score (nSPS) is 20.0. The number of carbonyl (C=O) groups excluding carboxylic acids is 2. The first-order chi connectivity index (χ1) is 18.8. The molecule has 3 fully saturated rings. The number of carbonyl (C=O) groups is 2. The summed E-state index contributed by atoms with van der Waals surface area (Å²) in [6, 6.07) is 15.1. The van der Waals surface area contributed by atoms with Gasteiger partial charge in [0.2, 0.25) is 0 Å². The Hall–Kier alpha value is -3.77. The number of halogens is 2. The molecule has 7 nitrogen and oxygen atoms in total. The molecule has 1 N–H and O–H groups in total. The average Bonchev–Trinajstić information content (AvgIpc) is 3.30. The minimum Gasteiger partial charge on any atom is -0.350 e. The van der Waals surface area contributed by atoms with Gasteiger partial charge < -0.3 is 14.8 Å². The van der Waals surface area contributed by atoms with E-state index < -0.39 is 5.92 Å². The molecule has 0 spiro atoms. The highest BCUT2D eigenvalue weighted by molar-refractivity contribution is 6.11. The number of hydrogen-bond donors (Lipinski definition) is 1. The van der Waals surface area contributed by atoms with Crippen LogP contribution in [0.4, 0.5) is 8.78 Å². The van der Waals surface area contributed by atoms with Crippen LogP contribution >= 0.6 is 0 Å². The molecule has 39 heavy (non-hydrogen) atoms. The van der Waals surface area contributed by atoms with E-state index in [1.165, 1.54) is 24.2 Å². The summed E-state index contributed by atoms with van der Waals surface area (Å²) in [5.41, 5.74) is 3.16. The van der Waals surface area contributed by atoms with Crippen LogP contribution in [0.1, 0.15) is 58.5 Å². The minimum atomic E-state index is -2.76.